The van der Waals surface area contributed by atoms with Crippen molar-refractivity contribution in [1.82, 2.24) is 0 Å². The molecule has 0 amide bonds. The second-order valence-electron chi connectivity index (χ2n) is 3.18. The predicted octanol–water partition coefficient (Wildman–Crippen LogP) is -0.391. The van der Waals surface area contributed by atoms with Gasteiger partial charge in [0.15, 0.2) is 0 Å². The van der Waals surface area contributed by atoms with E-state index in [9.17, 15) is 9.00 Å². The van der Waals surface area contributed by atoms with Crippen molar-refractivity contribution in [3.63, 3.8) is 0 Å². The highest BCUT2D eigenvalue weighted by molar-refractivity contribution is 7.92. The maximum absolute atomic E-state index is 11.1. The van der Waals surface area contributed by atoms with Crippen LogP contribution >= 0.6 is 0 Å². The molecule has 0 aliphatic carbocycles. The molecule has 1 aliphatic heterocycles. The molecule has 1 rings (SSSR count). The molecular weight excluding hydrogens is 180 g/mol. The van der Waals surface area contributed by atoms with E-state index in [4.69, 9.17) is 15.6 Å². The second-order valence-corrected chi connectivity index (χ2v) is 5.62. The summed E-state index contributed by atoms with van der Waals surface area (Å²) < 4.78 is 18.4. The van der Waals surface area contributed by atoms with Gasteiger partial charge >= 0.3 is 5.97 Å². The Bertz CT molecular complexity index is 282. The SMILES string of the molecule is N=S1(=O)CCC(N)(C(=O)O)CC1. The molecule has 70 valence electrons. The molecule has 4 N–H and O–H groups in total. The molecule has 0 aromatic rings. The number of rotatable bonds is 1. The number of carbonyl (C=O) groups is 1. The zero-order valence-corrected chi connectivity index (χ0v) is 7.39. The minimum Gasteiger partial charge on any atom is -0.480 e. The maximum Gasteiger partial charge on any atom is 0.323 e. The van der Waals surface area contributed by atoms with Gasteiger partial charge in [0.2, 0.25) is 0 Å². The number of hydrogen-bond acceptors (Lipinski definition) is 4. The molecule has 0 saturated carbocycles. The van der Waals surface area contributed by atoms with Gasteiger partial charge in [0.1, 0.15) is 5.54 Å². The Morgan fingerprint density at radius 2 is 1.92 bits per heavy atom. The van der Waals surface area contributed by atoms with Crippen molar-refractivity contribution in [2.75, 3.05) is 11.5 Å². The Morgan fingerprint density at radius 3 is 2.25 bits per heavy atom. The van der Waals surface area contributed by atoms with Crippen LogP contribution in [0.2, 0.25) is 0 Å². The van der Waals surface area contributed by atoms with Gasteiger partial charge in [-0.2, -0.15) is 0 Å². The van der Waals surface area contributed by atoms with Crippen LogP contribution in [0.15, 0.2) is 0 Å². The minimum absolute atomic E-state index is 0.107. The third-order valence-corrected chi connectivity index (χ3v) is 3.91. The normalized spacial score (nSPS) is 42.4. The molecular formula is C6H12N2O3S. The lowest BCUT2D eigenvalue weighted by molar-refractivity contribution is -0.143. The van der Waals surface area contributed by atoms with Crippen LogP contribution in [0.4, 0.5) is 0 Å². The van der Waals surface area contributed by atoms with Crippen molar-refractivity contribution in [3.05, 3.63) is 0 Å². The largest absolute Gasteiger partial charge is 0.480 e. The molecule has 12 heavy (non-hydrogen) atoms. The molecule has 0 aromatic heterocycles. The van der Waals surface area contributed by atoms with Crippen LogP contribution in [0.5, 0.6) is 0 Å². The molecule has 0 radical (unpaired) electrons. The quantitative estimate of drug-likeness (QED) is 0.526. The van der Waals surface area contributed by atoms with Crippen LogP contribution in [0.3, 0.4) is 0 Å². The highest BCUT2D eigenvalue weighted by Gasteiger charge is 2.38. The molecule has 0 aromatic carbocycles. The summed E-state index contributed by atoms with van der Waals surface area (Å²) in [6.45, 7) is 0. The lowest BCUT2D eigenvalue weighted by Gasteiger charge is -2.29. The number of carboxylic acid groups (broad SMARTS) is 1. The Morgan fingerprint density at radius 1 is 1.50 bits per heavy atom. The zero-order valence-electron chi connectivity index (χ0n) is 6.58. The van der Waals surface area contributed by atoms with Crippen molar-refractivity contribution in [1.29, 1.82) is 4.78 Å². The monoisotopic (exact) mass is 192 g/mol. The number of carboxylic acids is 1. The van der Waals surface area contributed by atoms with Gasteiger partial charge in [-0.05, 0) is 12.8 Å². The van der Waals surface area contributed by atoms with E-state index in [1.54, 1.807) is 0 Å². The summed E-state index contributed by atoms with van der Waals surface area (Å²) in [5.41, 5.74) is 4.27. The topological polar surface area (TPSA) is 104 Å². The molecule has 1 aliphatic rings. The van der Waals surface area contributed by atoms with E-state index >= 15 is 0 Å². The van der Waals surface area contributed by atoms with Gasteiger partial charge in [-0.1, -0.05) is 0 Å². The van der Waals surface area contributed by atoms with E-state index in [1.165, 1.54) is 0 Å². The average molecular weight is 192 g/mol. The van der Waals surface area contributed by atoms with Gasteiger partial charge in [0.25, 0.3) is 0 Å². The van der Waals surface area contributed by atoms with E-state index in [2.05, 4.69) is 0 Å². The smallest absolute Gasteiger partial charge is 0.323 e. The first-order chi connectivity index (χ1) is 5.36. The van der Waals surface area contributed by atoms with E-state index in [1.807, 2.05) is 0 Å². The van der Waals surface area contributed by atoms with Gasteiger partial charge in [-0.15, -0.1) is 0 Å². The van der Waals surface area contributed by atoms with E-state index in [0.29, 0.717) is 0 Å². The minimum atomic E-state index is -2.53. The first-order valence-electron chi connectivity index (χ1n) is 3.62. The summed E-state index contributed by atoms with van der Waals surface area (Å²) in [5.74, 6) is -0.844. The molecule has 1 saturated heterocycles. The van der Waals surface area contributed by atoms with Gasteiger partial charge in [-0.25, -0.2) is 4.21 Å². The fraction of sp³-hybridized carbons (Fsp3) is 0.833. The third-order valence-electron chi connectivity index (χ3n) is 2.18. The Hall–Kier alpha value is -0.620. The highest BCUT2D eigenvalue weighted by atomic mass is 32.2. The van der Waals surface area contributed by atoms with Crippen molar-refractivity contribution in [2.45, 2.75) is 18.4 Å². The van der Waals surface area contributed by atoms with Crippen molar-refractivity contribution in [3.8, 4) is 0 Å². The summed E-state index contributed by atoms with van der Waals surface area (Å²) in [5, 5.41) is 8.69. The Labute approximate surface area is 70.9 Å². The van der Waals surface area contributed by atoms with Crippen molar-refractivity contribution in [2.24, 2.45) is 5.73 Å². The van der Waals surface area contributed by atoms with Crippen LogP contribution < -0.4 is 5.73 Å². The maximum atomic E-state index is 11.1. The number of nitrogens with two attached hydrogens (primary N) is 1. The molecule has 0 unspecified atom stereocenters. The number of aliphatic carboxylic acids is 1. The van der Waals surface area contributed by atoms with Crippen LogP contribution in [0, 0.1) is 4.78 Å². The van der Waals surface area contributed by atoms with Crippen molar-refractivity contribution >= 4 is 15.7 Å². The van der Waals surface area contributed by atoms with E-state index < -0.39 is 21.2 Å². The average Bonchev–Trinajstić information content (AvgIpc) is 1.96. The summed E-state index contributed by atoms with van der Waals surface area (Å²) >= 11 is 0. The lowest BCUT2D eigenvalue weighted by atomic mass is 9.94. The first-order valence-corrected chi connectivity index (χ1v) is 5.52. The number of nitrogens with one attached hydrogen (secondary N) is 1. The zero-order chi connectivity index (χ0) is 9.41. The highest BCUT2D eigenvalue weighted by Crippen LogP contribution is 2.21. The molecule has 1 fully saturated rings. The molecule has 0 spiro atoms. The summed E-state index contributed by atoms with van der Waals surface area (Å²) in [7, 11) is -2.53. The first kappa shape index (κ1) is 9.47. The Kier molecular flexibility index (Phi) is 2.13. The van der Waals surface area contributed by atoms with Crippen LogP contribution in [0.25, 0.3) is 0 Å². The third kappa shape index (κ3) is 1.75. The van der Waals surface area contributed by atoms with E-state index in [0.717, 1.165) is 0 Å². The van der Waals surface area contributed by atoms with Crippen LogP contribution in [0.1, 0.15) is 12.8 Å². The number of hydrogen-bond donors (Lipinski definition) is 3. The lowest BCUT2D eigenvalue weighted by Crippen LogP contribution is -2.53. The molecule has 6 heteroatoms. The predicted molar refractivity (Wildman–Crippen MR) is 44.4 cm³/mol. The molecule has 5 nitrogen and oxygen atoms in total. The van der Waals surface area contributed by atoms with E-state index in [-0.39, 0.29) is 24.3 Å². The standard InChI is InChI=1S/C6H12N2O3S/c7-6(5(9)10)1-3-12(8,11)4-2-6/h8H,1-4,7H2,(H,9,10). The van der Waals surface area contributed by atoms with Gasteiger partial charge in [0.05, 0.1) is 0 Å². The van der Waals surface area contributed by atoms with Gasteiger partial charge < -0.3 is 10.8 Å². The summed E-state index contributed by atoms with van der Waals surface area (Å²) in [6.07, 6.45) is 0.287. The summed E-state index contributed by atoms with van der Waals surface area (Å²) in [4.78, 5) is 10.6. The fourth-order valence-electron chi connectivity index (χ4n) is 1.13. The Balaban J connectivity index is 2.74. The second kappa shape index (κ2) is 2.70. The van der Waals surface area contributed by atoms with Gasteiger partial charge in [-0.3, -0.25) is 9.57 Å². The van der Waals surface area contributed by atoms with Crippen LogP contribution in [-0.2, 0) is 14.5 Å². The summed E-state index contributed by atoms with van der Waals surface area (Å²) in [6, 6.07) is 0. The molecule has 0 bridgehead atoms. The fourth-order valence-corrected chi connectivity index (χ4v) is 2.73. The van der Waals surface area contributed by atoms with Crippen LogP contribution in [-0.4, -0.2) is 32.3 Å². The van der Waals surface area contributed by atoms with Gasteiger partial charge in [0, 0.05) is 21.2 Å². The molecule has 0 atom stereocenters. The molecule has 1 heterocycles. The van der Waals surface area contributed by atoms with Crippen molar-refractivity contribution < 1.29 is 14.1 Å².